The van der Waals surface area contributed by atoms with Gasteiger partial charge in [-0.2, -0.15) is 0 Å². The van der Waals surface area contributed by atoms with Crippen LogP contribution in [0.15, 0.2) is 33.6 Å². The molecule has 0 saturated heterocycles. The van der Waals surface area contributed by atoms with Crippen LogP contribution >= 0.6 is 0 Å². The van der Waals surface area contributed by atoms with Crippen LogP contribution in [0.2, 0.25) is 0 Å². The molecule has 7 nitrogen and oxygen atoms in total. The summed E-state index contributed by atoms with van der Waals surface area (Å²) in [7, 11) is 0. The van der Waals surface area contributed by atoms with Gasteiger partial charge in [0.2, 0.25) is 5.91 Å². The number of carbonyl (C=O) groups excluding carboxylic acids is 1. The van der Waals surface area contributed by atoms with Gasteiger partial charge in [0.1, 0.15) is 0 Å². The minimum Gasteiger partial charge on any atom is -0.382 e. The standard InChI is InChI=1S/C18H23N3O4/c1-2-24-11-10-18(8-3-4-9-18)16(22)19-14-7-5-6-13(12-14)15-20-17(23)25-21-15/h5-7,12H,2-4,8-11H2,1H3,(H,19,22)(H,20,21,23). The van der Waals surface area contributed by atoms with Crippen LogP contribution in [0, 0.1) is 5.41 Å². The fourth-order valence-corrected chi connectivity index (χ4v) is 3.42. The quantitative estimate of drug-likeness (QED) is 0.752. The van der Waals surface area contributed by atoms with Crippen LogP contribution in [-0.4, -0.2) is 29.3 Å². The number of hydrogen-bond acceptors (Lipinski definition) is 5. The van der Waals surface area contributed by atoms with E-state index in [9.17, 15) is 9.59 Å². The number of aromatic amines is 1. The first-order valence-corrected chi connectivity index (χ1v) is 8.69. The summed E-state index contributed by atoms with van der Waals surface area (Å²) >= 11 is 0. The van der Waals surface area contributed by atoms with Crippen molar-refractivity contribution in [2.75, 3.05) is 18.5 Å². The maximum absolute atomic E-state index is 12.9. The Morgan fingerprint density at radius 2 is 2.20 bits per heavy atom. The van der Waals surface area contributed by atoms with Crippen molar-refractivity contribution >= 4 is 11.6 Å². The van der Waals surface area contributed by atoms with E-state index in [2.05, 4.69) is 20.0 Å². The number of H-pyrrole nitrogens is 1. The highest BCUT2D eigenvalue weighted by Gasteiger charge is 2.40. The minimum absolute atomic E-state index is 0.0375. The Labute approximate surface area is 145 Å². The van der Waals surface area contributed by atoms with Crippen molar-refractivity contribution in [1.82, 2.24) is 10.1 Å². The molecule has 1 aliphatic carbocycles. The minimum atomic E-state index is -0.606. The summed E-state index contributed by atoms with van der Waals surface area (Å²) in [6.07, 6.45) is 4.66. The molecular formula is C18H23N3O4. The number of nitrogens with one attached hydrogen (secondary N) is 2. The molecule has 1 amide bonds. The molecule has 134 valence electrons. The molecule has 2 aromatic rings. The molecule has 1 aromatic carbocycles. The molecule has 1 aliphatic rings. The van der Waals surface area contributed by atoms with Crippen LogP contribution in [0.5, 0.6) is 0 Å². The van der Waals surface area contributed by atoms with Gasteiger partial charge >= 0.3 is 5.76 Å². The van der Waals surface area contributed by atoms with E-state index in [1.54, 1.807) is 18.2 Å². The van der Waals surface area contributed by atoms with E-state index < -0.39 is 5.76 Å². The lowest BCUT2D eigenvalue weighted by atomic mass is 9.82. The second-order valence-corrected chi connectivity index (χ2v) is 6.41. The number of benzene rings is 1. The average Bonchev–Trinajstić information content (AvgIpc) is 3.25. The van der Waals surface area contributed by atoms with Crippen molar-refractivity contribution in [3.8, 4) is 11.4 Å². The first-order valence-electron chi connectivity index (χ1n) is 8.69. The van der Waals surface area contributed by atoms with Crippen molar-refractivity contribution in [2.45, 2.75) is 39.0 Å². The van der Waals surface area contributed by atoms with Gasteiger partial charge in [0, 0.05) is 24.5 Å². The Kier molecular flexibility index (Phi) is 5.33. The molecule has 0 aliphatic heterocycles. The number of aromatic nitrogens is 2. The van der Waals surface area contributed by atoms with Crippen LogP contribution < -0.4 is 11.1 Å². The number of rotatable bonds is 7. The van der Waals surface area contributed by atoms with E-state index in [0.29, 0.717) is 30.3 Å². The number of anilines is 1. The maximum atomic E-state index is 12.9. The monoisotopic (exact) mass is 345 g/mol. The lowest BCUT2D eigenvalue weighted by molar-refractivity contribution is -0.126. The van der Waals surface area contributed by atoms with Crippen LogP contribution in [-0.2, 0) is 9.53 Å². The number of carbonyl (C=O) groups is 1. The first kappa shape index (κ1) is 17.4. The third-order valence-electron chi connectivity index (χ3n) is 4.81. The van der Waals surface area contributed by atoms with E-state index >= 15 is 0 Å². The molecule has 1 saturated carbocycles. The lowest BCUT2D eigenvalue weighted by Gasteiger charge is -2.27. The fourth-order valence-electron chi connectivity index (χ4n) is 3.42. The summed E-state index contributed by atoms with van der Waals surface area (Å²) in [4.78, 5) is 26.5. The van der Waals surface area contributed by atoms with Crippen LogP contribution in [0.1, 0.15) is 39.0 Å². The second-order valence-electron chi connectivity index (χ2n) is 6.41. The average molecular weight is 345 g/mol. The normalized spacial score (nSPS) is 16.0. The van der Waals surface area contributed by atoms with E-state index in [0.717, 1.165) is 32.1 Å². The van der Waals surface area contributed by atoms with E-state index in [4.69, 9.17) is 4.74 Å². The summed E-state index contributed by atoms with van der Waals surface area (Å²) in [5.41, 5.74) is 1.00. The Bertz CT molecular complexity index is 774. The molecule has 1 aromatic heterocycles. The SMILES string of the molecule is CCOCCC1(C(=O)Nc2cccc(-c3noc(=O)[nH]3)c2)CCCC1. The largest absolute Gasteiger partial charge is 0.439 e. The molecular weight excluding hydrogens is 322 g/mol. The zero-order chi connectivity index (χ0) is 17.7. The Morgan fingerprint density at radius 3 is 2.88 bits per heavy atom. The number of ether oxygens (including phenoxy) is 1. The number of hydrogen-bond donors (Lipinski definition) is 2. The van der Waals surface area contributed by atoms with Crippen molar-refractivity contribution in [2.24, 2.45) is 5.41 Å². The van der Waals surface area contributed by atoms with Gasteiger partial charge in [0.15, 0.2) is 5.82 Å². The molecule has 0 spiro atoms. The molecule has 25 heavy (non-hydrogen) atoms. The summed E-state index contributed by atoms with van der Waals surface area (Å²) in [6.45, 7) is 3.22. The highest BCUT2D eigenvalue weighted by atomic mass is 16.5. The van der Waals surface area contributed by atoms with Gasteiger partial charge < -0.3 is 10.1 Å². The second kappa shape index (κ2) is 7.65. The van der Waals surface area contributed by atoms with Crippen molar-refractivity contribution in [1.29, 1.82) is 0 Å². The van der Waals surface area contributed by atoms with E-state index in [1.165, 1.54) is 0 Å². The predicted molar refractivity (Wildman–Crippen MR) is 93.2 cm³/mol. The number of amides is 1. The van der Waals surface area contributed by atoms with E-state index in [1.807, 2.05) is 13.0 Å². The first-order chi connectivity index (χ1) is 12.1. The van der Waals surface area contributed by atoms with Gasteiger partial charge in [-0.3, -0.25) is 14.3 Å². The number of nitrogens with zero attached hydrogens (tertiary/aromatic N) is 1. The van der Waals surface area contributed by atoms with Crippen molar-refractivity contribution in [3.05, 3.63) is 34.8 Å². The predicted octanol–water partition coefficient (Wildman–Crippen LogP) is 2.96. The summed E-state index contributed by atoms with van der Waals surface area (Å²) < 4.78 is 10.00. The lowest BCUT2D eigenvalue weighted by Crippen LogP contribution is -2.35. The Balaban J connectivity index is 1.74. The zero-order valence-electron chi connectivity index (χ0n) is 14.3. The molecule has 3 rings (SSSR count). The summed E-state index contributed by atoms with van der Waals surface area (Å²) in [5, 5.41) is 6.70. The van der Waals surface area contributed by atoms with Gasteiger partial charge in [-0.25, -0.2) is 4.79 Å². The van der Waals surface area contributed by atoms with Crippen molar-refractivity contribution < 1.29 is 14.1 Å². The molecule has 0 unspecified atom stereocenters. The molecule has 1 fully saturated rings. The topological polar surface area (TPSA) is 97.2 Å². The summed E-state index contributed by atoms with van der Waals surface area (Å²) in [5.74, 6) is -0.228. The van der Waals surface area contributed by atoms with E-state index in [-0.39, 0.29) is 11.3 Å². The molecule has 0 atom stereocenters. The maximum Gasteiger partial charge on any atom is 0.439 e. The van der Waals surface area contributed by atoms with Gasteiger partial charge in [0.05, 0.1) is 5.41 Å². The third kappa shape index (κ3) is 3.99. The smallest absolute Gasteiger partial charge is 0.382 e. The fraction of sp³-hybridized carbons (Fsp3) is 0.500. The zero-order valence-corrected chi connectivity index (χ0v) is 14.3. The van der Waals surface area contributed by atoms with Crippen molar-refractivity contribution in [3.63, 3.8) is 0 Å². The molecule has 1 heterocycles. The Morgan fingerprint density at radius 1 is 1.40 bits per heavy atom. The molecule has 0 radical (unpaired) electrons. The molecule has 7 heteroatoms. The van der Waals surface area contributed by atoms with Crippen LogP contribution in [0.25, 0.3) is 11.4 Å². The highest BCUT2D eigenvalue weighted by molar-refractivity contribution is 5.96. The van der Waals surface area contributed by atoms with Gasteiger partial charge in [0.25, 0.3) is 0 Å². The van der Waals surface area contributed by atoms with Gasteiger partial charge in [-0.05, 0) is 38.3 Å². The van der Waals surface area contributed by atoms with Gasteiger partial charge in [-0.1, -0.05) is 30.1 Å². The molecule has 0 bridgehead atoms. The highest BCUT2D eigenvalue weighted by Crippen LogP contribution is 2.42. The Hall–Kier alpha value is -2.41. The van der Waals surface area contributed by atoms with Gasteiger partial charge in [-0.15, -0.1) is 0 Å². The third-order valence-corrected chi connectivity index (χ3v) is 4.81. The van der Waals surface area contributed by atoms with Crippen LogP contribution in [0.4, 0.5) is 5.69 Å². The van der Waals surface area contributed by atoms with Crippen LogP contribution in [0.3, 0.4) is 0 Å². The molecule has 2 N–H and O–H groups in total. The summed E-state index contributed by atoms with van der Waals surface area (Å²) in [6, 6.07) is 7.20.